The molecule has 1 aliphatic carbocycles. The second-order valence-electron chi connectivity index (χ2n) is 10.5. The highest BCUT2D eigenvalue weighted by atomic mass is 19.4. The van der Waals surface area contributed by atoms with Crippen LogP contribution in [0.3, 0.4) is 0 Å². The highest BCUT2D eigenvalue weighted by molar-refractivity contribution is 5.86. The molecule has 1 fully saturated rings. The van der Waals surface area contributed by atoms with E-state index < -0.39 is 18.2 Å². The number of imidazole rings is 1. The van der Waals surface area contributed by atoms with Gasteiger partial charge in [0, 0.05) is 23.4 Å². The van der Waals surface area contributed by atoms with Crippen molar-refractivity contribution in [3.63, 3.8) is 0 Å². The number of aromatic nitrogens is 2. The molecule has 38 heavy (non-hydrogen) atoms. The number of nitrogens with zero attached hydrogens (tertiary/aromatic N) is 2. The van der Waals surface area contributed by atoms with E-state index in [0.29, 0.717) is 46.2 Å². The van der Waals surface area contributed by atoms with Gasteiger partial charge < -0.3 is 24.5 Å². The molecule has 7 nitrogen and oxygen atoms in total. The molecule has 10 heteroatoms. The number of hydrogen-bond acceptors (Lipinski definition) is 5. The summed E-state index contributed by atoms with van der Waals surface area (Å²) in [5, 5.41) is 12.9. The first-order valence-electron chi connectivity index (χ1n) is 12.8. The zero-order chi connectivity index (χ0) is 27.8. The molecule has 1 aliphatic rings. The van der Waals surface area contributed by atoms with Crippen LogP contribution in [0.25, 0.3) is 11.0 Å². The number of carboxylic acids is 1. The third-order valence-electron chi connectivity index (χ3n) is 7.54. The number of nitrogens with one attached hydrogen (secondary N) is 1. The van der Waals surface area contributed by atoms with Crippen LogP contribution in [0.15, 0.2) is 36.4 Å². The van der Waals surface area contributed by atoms with E-state index in [2.05, 4.69) is 35.4 Å². The minimum Gasteiger partial charge on any atom is -0.496 e. The molecule has 1 heterocycles. The molecule has 0 radical (unpaired) electrons. The topological polar surface area (TPSA) is 85.6 Å². The first-order chi connectivity index (χ1) is 17.9. The number of fused-ring (bicyclic) bond motifs is 1. The van der Waals surface area contributed by atoms with Crippen LogP contribution in [-0.2, 0) is 4.79 Å². The number of ether oxygens (including phenoxy) is 2. The Morgan fingerprint density at radius 1 is 1.16 bits per heavy atom. The van der Waals surface area contributed by atoms with Crippen molar-refractivity contribution in [2.75, 3.05) is 12.4 Å². The Hall–Kier alpha value is -3.43. The van der Waals surface area contributed by atoms with Crippen LogP contribution in [0.1, 0.15) is 64.5 Å². The Kier molecular flexibility index (Phi) is 7.80. The maximum atomic E-state index is 12.6. The summed E-state index contributed by atoms with van der Waals surface area (Å²) in [5.74, 6) is 0.245. The summed E-state index contributed by atoms with van der Waals surface area (Å²) in [6.45, 7) is 8.27. The summed E-state index contributed by atoms with van der Waals surface area (Å²) < 4.78 is 49.6. The first kappa shape index (κ1) is 27.6. The van der Waals surface area contributed by atoms with Crippen molar-refractivity contribution in [1.82, 2.24) is 9.55 Å². The van der Waals surface area contributed by atoms with Crippen molar-refractivity contribution in [2.24, 2.45) is 17.8 Å². The van der Waals surface area contributed by atoms with Gasteiger partial charge in [-0.25, -0.2) is 4.98 Å². The number of halogens is 3. The van der Waals surface area contributed by atoms with E-state index in [1.165, 1.54) is 31.4 Å². The van der Waals surface area contributed by atoms with Gasteiger partial charge in [-0.15, -0.1) is 13.2 Å². The summed E-state index contributed by atoms with van der Waals surface area (Å²) in [7, 11) is 1.52. The first-order valence-corrected chi connectivity index (χ1v) is 12.8. The van der Waals surface area contributed by atoms with Crippen LogP contribution < -0.4 is 14.8 Å². The third-order valence-corrected chi connectivity index (χ3v) is 7.54. The molecule has 0 spiro atoms. The zero-order valence-electron chi connectivity index (χ0n) is 22.2. The fourth-order valence-electron chi connectivity index (χ4n) is 5.53. The molecule has 206 valence electrons. The number of hydrogen-bond donors (Lipinski definition) is 2. The number of anilines is 2. The van der Waals surface area contributed by atoms with Gasteiger partial charge in [0.1, 0.15) is 11.5 Å². The molecule has 4 atom stereocenters. The Bertz CT molecular complexity index is 1290. The number of carboxylic acid groups (broad SMARTS) is 1. The Morgan fingerprint density at radius 2 is 1.84 bits per heavy atom. The predicted octanol–water partition coefficient (Wildman–Crippen LogP) is 7.51. The lowest BCUT2D eigenvalue weighted by Gasteiger charge is -2.39. The van der Waals surface area contributed by atoms with E-state index >= 15 is 0 Å². The molecule has 1 aromatic heterocycles. The lowest BCUT2D eigenvalue weighted by Crippen LogP contribution is -2.30. The van der Waals surface area contributed by atoms with E-state index in [1.807, 2.05) is 6.07 Å². The van der Waals surface area contributed by atoms with Crippen molar-refractivity contribution in [3.8, 4) is 11.5 Å². The maximum Gasteiger partial charge on any atom is 0.573 e. The van der Waals surface area contributed by atoms with Crippen LogP contribution >= 0.6 is 0 Å². The quantitative estimate of drug-likeness (QED) is 0.312. The van der Waals surface area contributed by atoms with E-state index in [4.69, 9.17) is 9.72 Å². The average molecular weight is 534 g/mol. The fourth-order valence-corrected chi connectivity index (χ4v) is 5.53. The molecular weight excluding hydrogens is 499 g/mol. The molecule has 0 saturated heterocycles. The van der Waals surface area contributed by atoms with Crippen molar-refractivity contribution in [3.05, 3.63) is 42.0 Å². The minimum atomic E-state index is -4.77. The van der Waals surface area contributed by atoms with Crippen LogP contribution in [0, 0.1) is 17.8 Å². The highest BCUT2D eigenvalue weighted by Gasteiger charge is 2.35. The second kappa shape index (κ2) is 10.7. The molecule has 4 rings (SSSR count). The van der Waals surface area contributed by atoms with Crippen LogP contribution in [-0.4, -0.2) is 34.1 Å². The Morgan fingerprint density at radius 3 is 2.42 bits per heavy atom. The van der Waals surface area contributed by atoms with Gasteiger partial charge in [-0.3, -0.25) is 4.79 Å². The molecule has 0 aliphatic heterocycles. The summed E-state index contributed by atoms with van der Waals surface area (Å²) in [4.78, 5) is 16.6. The van der Waals surface area contributed by atoms with E-state index in [9.17, 15) is 23.1 Å². The fraction of sp³-hybridized carbons (Fsp3) is 0.500. The molecule has 0 bridgehead atoms. The van der Waals surface area contributed by atoms with Gasteiger partial charge in [-0.05, 0) is 67.9 Å². The van der Waals surface area contributed by atoms with Gasteiger partial charge in [-0.1, -0.05) is 27.2 Å². The zero-order valence-corrected chi connectivity index (χ0v) is 22.2. The maximum absolute atomic E-state index is 12.6. The van der Waals surface area contributed by atoms with Gasteiger partial charge in [0.05, 0.1) is 24.1 Å². The predicted molar refractivity (Wildman–Crippen MR) is 139 cm³/mol. The number of methoxy groups -OCH3 is 1. The lowest BCUT2D eigenvalue weighted by molar-refractivity contribution is -0.274. The number of rotatable bonds is 8. The number of carbonyl (C=O) groups is 1. The Labute approximate surface area is 220 Å². The molecule has 3 aromatic rings. The smallest absolute Gasteiger partial charge is 0.496 e. The third kappa shape index (κ3) is 5.84. The van der Waals surface area contributed by atoms with Crippen molar-refractivity contribution in [1.29, 1.82) is 0 Å². The van der Waals surface area contributed by atoms with Gasteiger partial charge in [-0.2, -0.15) is 0 Å². The van der Waals surface area contributed by atoms with Gasteiger partial charge in [0.15, 0.2) is 0 Å². The summed E-state index contributed by atoms with van der Waals surface area (Å²) >= 11 is 0. The SMILES string of the molecule is COc1cc2c(cc1C(C)C(=O)O)nc(Nc1ccc(OC(F)(F)F)cc1)n2[C@@H]1C[C@H](C)CC[C@H]1C(C)C. The monoisotopic (exact) mass is 533 g/mol. The average Bonchev–Trinajstić information content (AvgIpc) is 3.19. The van der Waals surface area contributed by atoms with Crippen LogP contribution in [0.4, 0.5) is 24.8 Å². The molecule has 1 unspecified atom stereocenters. The Balaban J connectivity index is 1.84. The number of benzene rings is 2. The van der Waals surface area contributed by atoms with Crippen molar-refractivity contribution < 1.29 is 32.5 Å². The van der Waals surface area contributed by atoms with E-state index in [0.717, 1.165) is 24.8 Å². The summed E-state index contributed by atoms with van der Waals surface area (Å²) in [6.07, 6.45) is -1.62. The highest BCUT2D eigenvalue weighted by Crippen LogP contribution is 2.45. The molecule has 0 amide bonds. The van der Waals surface area contributed by atoms with Crippen LogP contribution in [0.2, 0.25) is 0 Å². The number of alkyl halides is 3. The molecular formula is C28H34F3N3O4. The normalized spacial score (nSPS) is 20.9. The minimum absolute atomic E-state index is 0.117. The van der Waals surface area contributed by atoms with Gasteiger partial charge in [0.25, 0.3) is 0 Å². The van der Waals surface area contributed by atoms with Crippen molar-refractivity contribution in [2.45, 2.75) is 65.3 Å². The van der Waals surface area contributed by atoms with E-state index in [1.54, 1.807) is 13.0 Å². The summed E-state index contributed by atoms with van der Waals surface area (Å²) in [6, 6.07) is 9.23. The van der Waals surface area contributed by atoms with Crippen LogP contribution in [0.5, 0.6) is 11.5 Å². The van der Waals surface area contributed by atoms with Gasteiger partial charge in [0.2, 0.25) is 5.95 Å². The number of aliphatic carboxylic acids is 1. The molecule has 2 N–H and O–H groups in total. The second-order valence-corrected chi connectivity index (χ2v) is 10.5. The lowest BCUT2D eigenvalue weighted by atomic mass is 9.74. The molecule has 2 aromatic carbocycles. The largest absolute Gasteiger partial charge is 0.573 e. The standard InChI is InChI=1S/C28H34F3N3O4/c1-15(2)20-11-6-16(3)12-23(20)34-24-14-25(37-5)21(17(4)26(35)36)13-22(24)33-27(34)32-18-7-9-19(10-8-18)38-28(29,30)31/h7-10,13-17,20,23H,6,11-12H2,1-5H3,(H,32,33)(H,35,36)/t16-,17?,20+,23-/m1/s1. The van der Waals surface area contributed by atoms with E-state index in [-0.39, 0.29) is 11.8 Å². The van der Waals surface area contributed by atoms with Crippen molar-refractivity contribution >= 4 is 28.6 Å². The van der Waals surface area contributed by atoms with Gasteiger partial charge >= 0.3 is 12.3 Å². The molecule has 1 saturated carbocycles. The summed E-state index contributed by atoms with van der Waals surface area (Å²) in [5.41, 5.74) is 2.50.